The number of methoxy groups -OCH3 is 1. The lowest BCUT2D eigenvalue weighted by Crippen LogP contribution is -2.56. The Morgan fingerprint density at radius 1 is 1.20 bits per heavy atom. The summed E-state index contributed by atoms with van der Waals surface area (Å²) in [5, 5.41) is 19.2. The van der Waals surface area contributed by atoms with Gasteiger partial charge in [0.2, 0.25) is 0 Å². The standard InChI is InChI=1S/C35H48N8O2/c1-9-12-25(20-42(7)28-22-43(23-28)21-27-14-10-13-26(40-27)17-18-35(3,4)44)29-15-11-16-30(34(29)45-8)41-31(19-32(36)39-6)33(37)24(2)38-5/h9-16,19-20,28,38-39,41,44H,2,21-23,36-37H2,1,3-8H3/b12-9-,25-20+,32-19+,33-31+. The molecule has 0 amide bonds. The van der Waals surface area contributed by atoms with Gasteiger partial charge in [-0.05, 0) is 44.9 Å². The molecule has 1 fully saturated rings. The molecule has 0 unspecified atom stereocenters. The monoisotopic (exact) mass is 612 g/mol. The van der Waals surface area contributed by atoms with Crippen molar-refractivity contribution in [3.8, 4) is 17.6 Å². The Balaban J connectivity index is 1.81. The fourth-order valence-electron chi connectivity index (χ4n) is 4.65. The number of benzene rings is 1. The van der Waals surface area contributed by atoms with Crippen LogP contribution in [0.3, 0.4) is 0 Å². The highest BCUT2D eigenvalue weighted by Crippen LogP contribution is 2.36. The molecule has 0 atom stereocenters. The van der Waals surface area contributed by atoms with E-state index in [1.807, 2.05) is 49.4 Å². The van der Waals surface area contributed by atoms with Crippen LogP contribution >= 0.6 is 0 Å². The second-order valence-corrected chi connectivity index (χ2v) is 11.3. The predicted octanol–water partition coefficient (Wildman–Crippen LogP) is 3.28. The summed E-state index contributed by atoms with van der Waals surface area (Å²) in [5.41, 5.74) is 17.3. The average Bonchev–Trinajstić information content (AvgIpc) is 2.99. The lowest BCUT2D eigenvalue weighted by atomic mass is 10.0. The lowest BCUT2D eigenvalue weighted by Gasteiger charge is -2.43. The minimum absolute atomic E-state index is 0.340. The fraction of sp³-hybridized carbons (Fsp3) is 0.343. The number of rotatable bonds is 13. The number of nitrogens with zero attached hydrogens (tertiary/aromatic N) is 3. The second-order valence-electron chi connectivity index (χ2n) is 11.3. The van der Waals surface area contributed by atoms with Gasteiger partial charge in [0.05, 0.1) is 47.4 Å². The van der Waals surface area contributed by atoms with Crippen molar-refractivity contribution < 1.29 is 9.84 Å². The number of hydrogen-bond acceptors (Lipinski definition) is 10. The van der Waals surface area contributed by atoms with Gasteiger partial charge in [0.15, 0.2) is 0 Å². The number of nitrogens with one attached hydrogen (secondary N) is 3. The molecular formula is C35H48N8O2. The van der Waals surface area contributed by atoms with E-state index >= 15 is 0 Å². The van der Waals surface area contributed by atoms with Gasteiger partial charge in [-0.2, -0.15) is 0 Å². The number of anilines is 1. The first-order chi connectivity index (χ1) is 21.4. The van der Waals surface area contributed by atoms with E-state index in [0.717, 1.165) is 42.2 Å². The zero-order valence-corrected chi connectivity index (χ0v) is 27.5. The van der Waals surface area contributed by atoms with Crippen LogP contribution in [-0.2, 0) is 6.54 Å². The van der Waals surface area contributed by atoms with Crippen molar-refractivity contribution in [3.63, 3.8) is 0 Å². The third-order valence-corrected chi connectivity index (χ3v) is 7.20. The van der Waals surface area contributed by atoms with Crippen molar-refractivity contribution in [1.29, 1.82) is 0 Å². The zero-order chi connectivity index (χ0) is 33.1. The Hall–Kier alpha value is -4.85. The van der Waals surface area contributed by atoms with E-state index in [1.165, 1.54) is 0 Å². The number of para-hydroxylation sites is 1. The minimum Gasteiger partial charge on any atom is -0.494 e. The molecule has 45 heavy (non-hydrogen) atoms. The van der Waals surface area contributed by atoms with Gasteiger partial charge in [0, 0.05) is 64.2 Å². The highest BCUT2D eigenvalue weighted by Gasteiger charge is 2.29. The molecule has 1 saturated heterocycles. The first-order valence-corrected chi connectivity index (χ1v) is 14.8. The second kappa shape index (κ2) is 15.7. The molecule has 0 saturated carbocycles. The molecule has 0 spiro atoms. The molecule has 3 rings (SSSR count). The number of aliphatic hydroxyl groups is 1. The van der Waals surface area contributed by atoms with Gasteiger partial charge in [-0.3, -0.25) is 4.90 Å². The highest BCUT2D eigenvalue weighted by molar-refractivity contribution is 5.82. The molecule has 240 valence electrons. The van der Waals surface area contributed by atoms with Crippen LogP contribution in [0.5, 0.6) is 5.75 Å². The summed E-state index contributed by atoms with van der Waals surface area (Å²) in [7, 11) is 7.25. The van der Waals surface area contributed by atoms with E-state index in [1.54, 1.807) is 41.1 Å². The quantitative estimate of drug-likeness (QED) is 0.148. The average molecular weight is 613 g/mol. The Morgan fingerprint density at radius 3 is 2.53 bits per heavy atom. The Bertz CT molecular complexity index is 1530. The summed E-state index contributed by atoms with van der Waals surface area (Å²) in [4.78, 5) is 9.26. The summed E-state index contributed by atoms with van der Waals surface area (Å²) in [6.07, 6.45) is 7.97. The molecule has 10 heteroatoms. The van der Waals surface area contributed by atoms with E-state index in [9.17, 15) is 5.11 Å². The van der Waals surface area contributed by atoms with Crippen LogP contribution in [0.1, 0.15) is 37.7 Å². The number of allylic oxidation sites excluding steroid dienone is 4. The molecule has 1 aromatic carbocycles. The van der Waals surface area contributed by atoms with Gasteiger partial charge < -0.3 is 42.2 Å². The summed E-state index contributed by atoms with van der Waals surface area (Å²) >= 11 is 0. The number of hydrogen-bond donors (Lipinski definition) is 6. The van der Waals surface area contributed by atoms with Gasteiger partial charge in [-0.25, -0.2) is 4.98 Å². The summed E-state index contributed by atoms with van der Waals surface area (Å²) in [6, 6.07) is 12.1. The maximum Gasteiger partial charge on any atom is 0.150 e. The smallest absolute Gasteiger partial charge is 0.150 e. The van der Waals surface area contributed by atoms with E-state index in [2.05, 4.69) is 68.5 Å². The highest BCUT2D eigenvalue weighted by atomic mass is 16.5. The van der Waals surface area contributed by atoms with Crippen LogP contribution in [0, 0.1) is 11.8 Å². The van der Waals surface area contributed by atoms with Crippen molar-refractivity contribution >= 4 is 11.3 Å². The summed E-state index contributed by atoms with van der Waals surface area (Å²) in [6.45, 7) is 11.9. The van der Waals surface area contributed by atoms with Gasteiger partial charge >= 0.3 is 0 Å². The third kappa shape index (κ3) is 9.83. The van der Waals surface area contributed by atoms with Crippen molar-refractivity contribution in [1.82, 2.24) is 25.4 Å². The first-order valence-electron chi connectivity index (χ1n) is 14.8. The molecule has 0 aliphatic carbocycles. The van der Waals surface area contributed by atoms with E-state index in [4.69, 9.17) is 16.2 Å². The van der Waals surface area contributed by atoms with Gasteiger partial charge in [0.1, 0.15) is 17.0 Å². The molecule has 10 nitrogen and oxygen atoms in total. The maximum absolute atomic E-state index is 9.90. The topological polar surface area (TPSA) is 137 Å². The normalized spacial score (nSPS) is 15.0. The molecule has 0 bridgehead atoms. The lowest BCUT2D eigenvalue weighted by molar-refractivity contribution is 0.0667. The number of ether oxygens (including phenoxy) is 1. The molecule has 2 heterocycles. The van der Waals surface area contributed by atoms with Crippen molar-refractivity contribution in [2.75, 3.05) is 46.7 Å². The van der Waals surface area contributed by atoms with Crippen molar-refractivity contribution in [3.05, 3.63) is 107 Å². The minimum atomic E-state index is -1.05. The summed E-state index contributed by atoms with van der Waals surface area (Å²) in [5.74, 6) is 6.90. The van der Waals surface area contributed by atoms with Gasteiger partial charge in [-0.15, -0.1) is 0 Å². The predicted molar refractivity (Wildman–Crippen MR) is 184 cm³/mol. The maximum atomic E-state index is 9.90. The molecule has 0 radical (unpaired) electrons. The third-order valence-electron chi connectivity index (χ3n) is 7.20. The molecule has 2 aromatic rings. The first kappa shape index (κ1) is 34.6. The van der Waals surface area contributed by atoms with E-state index in [0.29, 0.717) is 40.4 Å². The number of likely N-dealkylation sites (N-methyl/N-ethyl adjacent to an activating group) is 2. The van der Waals surface area contributed by atoms with E-state index < -0.39 is 5.60 Å². The molecule has 8 N–H and O–H groups in total. The molecular weight excluding hydrogens is 564 g/mol. The zero-order valence-electron chi connectivity index (χ0n) is 27.5. The molecule has 1 aliphatic heterocycles. The Labute approximate surface area is 268 Å². The van der Waals surface area contributed by atoms with Crippen molar-refractivity contribution in [2.45, 2.75) is 39.0 Å². The number of pyridine rings is 1. The Morgan fingerprint density at radius 2 is 1.91 bits per heavy atom. The number of nitrogens with two attached hydrogens (primary N) is 2. The number of likely N-dealkylation sites (tertiary alicyclic amines) is 1. The molecule has 1 aliphatic rings. The summed E-state index contributed by atoms with van der Waals surface area (Å²) < 4.78 is 5.95. The van der Waals surface area contributed by atoms with E-state index in [-0.39, 0.29) is 0 Å². The van der Waals surface area contributed by atoms with Crippen LogP contribution in [0.2, 0.25) is 0 Å². The Kier molecular flexibility index (Phi) is 12.1. The van der Waals surface area contributed by atoms with Gasteiger partial charge in [0.25, 0.3) is 0 Å². The largest absolute Gasteiger partial charge is 0.494 e. The SMILES string of the molecule is C=C(NC)/C(N)=C(/C=C(\N)NC)Nc1cccc(C(/C=C\C)=C/N(C)C2CN(Cc3cccc(C#CC(C)(C)O)n3)C2)c1OC. The van der Waals surface area contributed by atoms with Gasteiger partial charge in [-0.1, -0.05) is 42.9 Å². The molecule has 1 aromatic heterocycles. The van der Waals surface area contributed by atoms with Crippen LogP contribution in [-0.4, -0.2) is 72.9 Å². The van der Waals surface area contributed by atoms with Crippen LogP contribution in [0.4, 0.5) is 5.69 Å². The fourth-order valence-corrected chi connectivity index (χ4v) is 4.65. The van der Waals surface area contributed by atoms with Crippen molar-refractivity contribution in [2.24, 2.45) is 11.5 Å². The van der Waals surface area contributed by atoms with Crippen LogP contribution < -0.4 is 32.2 Å². The van der Waals surface area contributed by atoms with Crippen LogP contribution in [0.25, 0.3) is 5.57 Å². The van der Waals surface area contributed by atoms with Crippen LogP contribution in [0.15, 0.2) is 90.3 Å². The number of aromatic nitrogens is 1.